The molecule has 1 aliphatic heterocycles. The Morgan fingerprint density at radius 1 is 1.21 bits per heavy atom. The topological polar surface area (TPSA) is 62.3 Å². The lowest BCUT2D eigenvalue weighted by atomic mass is 10.0. The molecule has 1 fully saturated rings. The summed E-state index contributed by atoms with van der Waals surface area (Å²) in [6, 6.07) is 0.434. The third-order valence-corrected chi connectivity index (χ3v) is 4.74. The number of hydrogen-bond donors (Lipinski definition) is 2. The highest BCUT2D eigenvalue weighted by atomic mass is 16.5. The van der Waals surface area contributed by atoms with Crippen LogP contribution >= 0.6 is 0 Å². The molecule has 0 saturated carbocycles. The van der Waals surface area contributed by atoms with E-state index in [0.29, 0.717) is 6.04 Å². The van der Waals surface area contributed by atoms with Gasteiger partial charge in [-0.2, -0.15) is 0 Å². The average molecular weight is 335 g/mol. The summed E-state index contributed by atoms with van der Waals surface area (Å²) >= 11 is 0. The zero-order valence-corrected chi connectivity index (χ0v) is 16.1. The van der Waals surface area contributed by atoms with Gasteiger partial charge in [0.15, 0.2) is 0 Å². The lowest BCUT2D eigenvalue weighted by molar-refractivity contribution is 0.0903. The zero-order valence-electron chi connectivity index (χ0n) is 16.1. The number of likely N-dealkylation sites (N-methyl/N-ethyl adjacent to an activating group) is 2. The summed E-state index contributed by atoms with van der Waals surface area (Å²) in [7, 11) is 2.00. The highest BCUT2D eigenvalue weighted by Gasteiger charge is 2.23. The smallest absolute Gasteiger partial charge is 0.137 e. The fourth-order valence-corrected chi connectivity index (χ4v) is 2.99. The zero-order chi connectivity index (χ0) is 17.7. The molecule has 136 valence electrons. The molecule has 2 heterocycles. The number of aromatic nitrogens is 2. The second kappa shape index (κ2) is 8.12. The molecule has 0 atom stereocenters. The molecular weight excluding hydrogens is 302 g/mol. The Balaban J connectivity index is 2.25. The highest BCUT2D eigenvalue weighted by molar-refractivity contribution is 5.59. The number of ether oxygens (including phenoxy) is 1. The molecule has 0 aliphatic carbocycles. The van der Waals surface area contributed by atoms with Crippen molar-refractivity contribution in [1.29, 1.82) is 0 Å². The number of nitrogens with zero attached hydrogens (tertiary/aromatic N) is 3. The Hall–Kier alpha value is -1.40. The first-order chi connectivity index (χ1) is 11.4. The molecule has 0 radical (unpaired) electrons. The van der Waals surface area contributed by atoms with E-state index >= 15 is 0 Å². The van der Waals surface area contributed by atoms with Gasteiger partial charge in [0.1, 0.15) is 17.5 Å². The first-order valence-corrected chi connectivity index (χ1v) is 8.99. The molecule has 1 aromatic rings. The fourth-order valence-electron chi connectivity index (χ4n) is 2.99. The van der Waals surface area contributed by atoms with Gasteiger partial charge in [-0.1, -0.05) is 0 Å². The van der Waals surface area contributed by atoms with Crippen molar-refractivity contribution in [2.24, 2.45) is 0 Å². The van der Waals surface area contributed by atoms with E-state index in [1.54, 1.807) is 0 Å². The van der Waals surface area contributed by atoms with Crippen molar-refractivity contribution in [3.63, 3.8) is 0 Å². The van der Waals surface area contributed by atoms with E-state index < -0.39 is 0 Å². The molecule has 6 heteroatoms. The van der Waals surface area contributed by atoms with Crippen molar-refractivity contribution in [2.45, 2.75) is 59.0 Å². The van der Waals surface area contributed by atoms with Crippen molar-refractivity contribution >= 4 is 11.6 Å². The molecule has 1 saturated heterocycles. The van der Waals surface area contributed by atoms with Crippen molar-refractivity contribution in [2.75, 3.05) is 43.6 Å². The van der Waals surface area contributed by atoms with E-state index in [1.807, 2.05) is 14.0 Å². The molecule has 2 N–H and O–H groups in total. The normalized spacial score (nSPS) is 16.2. The average Bonchev–Trinajstić information content (AvgIpc) is 2.57. The van der Waals surface area contributed by atoms with Gasteiger partial charge in [0.2, 0.25) is 0 Å². The SMILES string of the molecule is CCN(CC(C)(C)NC)c1nc(C)nc(NC2CCOCC2)c1C. The van der Waals surface area contributed by atoms with Gasteiger partial charge in [-0.05, 0) is 54.5 Å². The summed E-state index contributed by atoms with van der Waals surface area (Å²) in [5.41, 5.74) is 1.15. The quantitative estimate of drug-likeness (QED) is 0.798. The summed E-state index contributed by atoms with van der Waals surface area (Å²) < 4.78 is 5.45. The summed E-state index contributed by atoms with van der Waals surface area (Å²) in [5.74, 6) is 2.80. The molecular formula is C18H33N5O. The number of hydrogen-bond acceptors (Lipinski definition) is 6. The molecule has 2 rings (SSSR count). The van der Waals surface area contributed by atoms with Gasteiger partial charge in [-0.15, -0.1) is 0 Å². The maximum absolute atomic E-state index is 5.45. The predicted octanol–water partition coefficient (Wildman–Crippen LogP) is 2.51. The van der Waals surface area contributed by atoms with Crippen molar-refractivity contribution in [3.05, 3.63) is 11.4 Å². The van der Waals surface area contributed by atoms with Crippen LogP contribution in [-0.2, 0) is 4.74 Å². The van der Waals surface area contributed by atoms with Gasteiger partial charge in [-0.25, -0.2) is 9.97 Å². The Labute approximate surface area is 146 Å². The molecule has 1 aliphatic rings. The number of rotatable bonds is 7. The van der Waals surface area contributed by atoms with E-state index in [9.17, 15) is 0 Å². The molecule has 0 aromatic carbocycles. The number of nitrogens with one attached hydrogen (secondary N) is 2. The van der Waals surface area contributed by atoms with Gasteiger partial charge >= 0.3 is 0 Å². The predicted molar refractivity (Wildman–Crippen MR) is 100.0 cm³/mol. The van der Waals surface area contributed by atoms with Crippen molar-refractivity contribution in [1.82, 2.24) is 15.3 Å². The molecule has 1 aromatic heterocycles. The standard InChI is InChI=1S/C18H33N5O/c1-7-23(12-18(4,5)19-6)17-13(2)16(20-14(3)21-17)22-15-8-10-24-11-9-15/h15,19H,7-12H2,1-6H3,(H,20,21,22). The van der Waals surface area contributed by atoms with E-state index in [0.717, 1.165) is 62.2 Å². The molecule has 0 unspecified atom stereocenters. The van der Waals surface area contributed by atoms with Gasteiger partial charge in [0, 0.05) is 43.4 Å². The van der Waals surface area contributed by atoms with E-state index in [-0.39, 0.29) is 5.54 Å². The Morgan fingerprint density at radius 3 is 2.46 bits per heavy atom. The summed E-state index contributed by atoms with van der Waals surface area (Å²) in [6.07, 6.45) is 2.06. The van der Waals surface area contributed by atoms with Gasteiger partial charge in [-0.3, -0.25) is 0 Å². The van der Waals surface area contributed by atoms with Crippen LogP contribution in [0.1, 0.15) is 45.0 Å². The van der Waals surface area contributed by atoms with Crippen LogP contribution in [0.4, 0.5) is 11.6 Å². The molecule has 0 spiro atoms. The molecule has 0 amide bonds. The van der Waals surface area contributed by atoms with Crippen molar-refractivity contribution < 1.29 is 4.74 Å². The number of aryl methyl sites for hydroxylation is 1. The second-order valence-electron chi connectivity index (χ2n) is 7.25. The molecule has 0 bridgehead atoms. The van der Waals surface area contributed by atoms with Crippen LogP contribution in [0.5, 0.6) is 0 Å². The Morgan fingerprint density at radius 2 is 1.88 bits per heavy atom. The minimum absolute atomic E-state index is 0.0234. The third-order valence-electron chi connectivity index (χ3n) is 4.74. The molecule has 6 nitrogen and oxygen atoms in total. The largest absolute Gasteiger partial charge is 0.381 e. The van der Waals surface area contributed by atoms with Crippen LogP contribution in [0.25, 0.3) is 0 Å². The second-order valence-corrected chi connectivity index (χ2v) is 7.25. The first kappa shape index (κ1) is 18.9. The van der Waals surface area contributed by atoms with Gasteiger partial charge in [0.05, 0.1) is 0 Å². The van der Waals surface area contributed by atoms with Crippen LogP contribution in [0.15, 0.2) is 0 Å². The van der Waals surface area contributed by atoms with E-state index in [1.165, 1.54) is 0 Å². The summed E-state index contributed by atoms with van der Waals surface area (Å²) in [4.78, 5) is 11.7. The summed E-state index contributed by atoms with van der Waals surface area (Å²) in [5, 5.41) is 6.99. The maximum Gasteiger partial charge on any atom is 0.137 e. The maximum atomic E-state index is 5.45. The van der Waals surface area contributed by atoms with Gasteiger partial charge in [0.25, 0.3) is 0 Å². The van der Waals surface area contributed by atoms with Crippen LogP contribution in [0.2, 0.25) is 0 Å². The van der Waals surface area contributed by atoms with Crippen LogP contribution in [0.3, 0.4) is 0 Å². The van der Waals surface area contributed by atoms with Crippen molar-refractivity contribution in [3.8, 4) is 0 Å². The monoisotopic (exact) mass is 335 g/mol. The molecule has 24 heavy (non-hydrogen) atoms. The lowest BCUT2D eigenvalue weighted by Crippen LogP contribution is -2.48. The Bertz CT molecular complexity index is 540. The van der Waals surface area contributed by atoms with Gasteiger partial charge < -0.3 is 20.3 Å². The first-order valence-electron chi connectivity index (χ1n) is 8.99. The van der Waals surface area contributed by atoms with Crippen LogP contribution < -0.4 is 15.5 Å². The van der Waals surface area contributed by atoms with Crippen LogP contribution in [-0.4, -0.2) is 54.9 Å². The number of anilines is 2. The van der Waals surface area contributed by atoms with E-state index in [2.05, 4.69) is 48.2 Å². The minimum atomic E-state index is 0.0234. The third kappa shape index (κ3) is 4.80. The minimum Gasteiger partial charge on any atom is -0.381 e. The fraction of sp³-hybridized carbons (Fsp3) is 0.778. The summed E-state index contributed by atoms with van der Waals surface area (Å²) in [6.45, 7) is 14.1. The van der Waals surface area contributed by atoms with Crippen LogP contribution in [0, 0.1) is 13.8 Å². The Kier molecular flexibility index (Phi) is 6.40. The highest BCUT2D eigenvalue weighted by Crippen LogP contribution is 2.26. The lowest BCUT2D eigenvalue weighted by Gasteiger charge is -2.34. The van der Waals surface area contributed by atoms with E-state index in [4.69, 9.17) is 9.72 Å².